The fourth-order valence-corrected chi connectivity index (χ4v) is 1.44. The number of carboxylic acids is 1. The van der Waals surface area contributed by atoms with Gasteiger partial charge in [-0.3, -0.25) is 9.78 Å². The normalized spacial score (nSPS) is 9.95. The smallest absolute Gasteiger partial charge is 0.335 e. The molecule has 0 spiro atoms. The molecule has 96 valence electrons. The van der Waals surface area contributed by atoms with Crippen LogP contribution in [0.5, 0.6) is 0 Å². The standard InChI is InChI=1S/C13H9FN2O3/c14-9-5-4-8(13(18)19)7-11(9)16-12(17)10-3-1-2-6-15-10/h1-7H,(H,16,17)(H,18,19). The first-order valence-corrected chi connectivity index (χ1v) is 5.33. The average Bonchev–Trinajstić information content (AvgIpc) is 2.42. The van der Waals surface area contributed by atoms with Gasteiger partial charge in [-0.25, -0.2) is 9.18 Å². The maximum atomic E-state index is 13.5. The lowest BCUT2D eigenvalue weighted by atomic mass is 10.2. The summed E-state index contributed by atoms with van der Waals surface area (Å²) >= 11 is 0. The van der Waals surface area contributed by atoms with Gasteiger partial charge < -0.3 is 10.4 Å². The summed E-state index contributed by atoms with van der Waals surface area (Å²) < 4.78 is 13.5. The van der Waals surface area contributed by atoms with Crippen molar-refractivity contribution < 1.29 is 19.1 Å². The summed E-state index contributed by atoms with van der Waals surface area (Å²) in [6.45, 7) is 0. The van der Waals surface area contributed by atoms with Gasteiger partial charge in [0.2, 0.25) is 0 Å². The van der Waals surface area contributed by atoms with Crippen LogP contribution in [0.4, 0.5) is 10.1 Å². The highest BCUT2D eigenvalue weighted by molar-refractivity contribution is 6.03. The van der Waals surface area contributed by atoms with Crippen molar-refractivity contribution in [3.63, 3.8) is 0 Å². The van der Waals surface area contributed by atoms with E-state index in [0.29, 0.717) is 0 Å². The number of nitrogens with one attached hydrogen (secondary N) is 1. The van der Waals surface area contributed by atoms with Crippen LogP contribution in [0.1, 0.15) is 20.8 Å². The molecule has 5 nitrogen and oxygen atoms in total. The molecule has 0 bridgehead atoms. The molecular formula is C13H9FN2O3. The first-order valence-electron chi connectivity index (χ1n) is 5.33. The number of pyridine rings is 1. The second-order valence-electron chi connectivity index (χ2n) is 3.67. The van der Waals surface area contributed by atoms with Crippen molar-refractivity contribution in [3.8, 4) is 0 Å². The highest BCUT2D eigenvalue weighted by atomic mass is 19.1. The molecule has 0 fully saturated rings. The van der Waals surface area contributed by atoms with E-state index in [4.69, 9.17) is 5.11 Å². The fraction of sp³-hybridized carbons (Fsp3) is 0. The van der Waals surface area contributed by atoms with Crippen molar-refractivity contribution in [3.05, 3.63) is 59.7 Å². The van der Waals surface area contributed by atoms with Crippen LogP contribution in [0.25, 0.3) is 0 Å². The molecule has 0 aliphatic carbocycles. The van der Waals surface area contributed by atoms with Crippen molar-refractivity contribution in [2.45, 2.75) is 0 Å². The third-order valence-electron chi connectivity index (χ3n) is 2.36. The van der Waals surface area contributed by atoms with Gasteiger partial charge in [-0.1, -0.05) is 6.07 Å². The molecule has 0 atom stereocenters. The predicted octanol–water partition coefficient (Wildman–Crippen LogP) is 2.17. The van der Waals surface area contributed by atoms with E-state index in [1.165, 1.54) is 12.3 Å². The Morgan fingerprint density at radius 3 is 2.63 bits per heavy atom. The molecule has 19 heavy (non-hydrogen) atoms. The number of aromatic carboxylic acids is 1. The van der Waals surface area contributed by atoms with Crippen LogP contribution in [0.15, 0.2) is 42.6 Å². The van der Waals surface area contributed by atoms with E-state index in [1.54, 1.807) is 12.1 Å². The Kier molecular flexibility index (Phi) is 3.51. The SMILES string of the molecule is O=C(O)c1ccc(F)c(NC(=O)c2ccccn2)c1. The second kappa shape index (κ2) is 5.26. The summed E-state index contributed by atoms with van der Waals surface area (Å²) in [5.74, 6) is -2.52. The van der Waals surface area contributed by atoms with Crippen molar-refractivity contribution >= 4 is 17.6 Å². The zero-order chi connectivity index (χ0) is 13.8. The van der Waals surface area contributed by atoms with Crippen LogP contribution in [0.2, 0.25) is 0 Å². The number of benzene rings is 1. The van der Waals surface area contributed by atoms with Gasteiger partial charge in [0.15, 0.2) is 0 Å². The molecule has 1 aromatic carbocycles. The summed E-state index contributed by atoms with van der Waals surface area (Å²) in [5, 5.41) is 11.1. The molecule has 1 amide bonds. The van der Waals surface area contributed by atoms with E-state index in [2.05, 4.69) is 10.3 Å². The molecule has 2 rings (SSSR count). The monoisotopic (exact) mass is 260 g/mol. The maximum Gasteiger partial charge on any atom is 0.335 e. The van der Waals surface area contributed by atoms with E-state index in [0.717, 1.165) is 18.2 Å². The van der Waals surface area contributed by atoms with Gasteiger partial charge in [0.25, 0.3) is 5.91 Å². The molecule has 6 heteroatoms. The largest absolute Gasteiger partial charge is 0.478 e. The van der Waals surface area contributed by atoms with Gasteiger partial charge in [0.1, 0.15) is 11.5 Å². The molecule has 2 aromatic rings. The first-order chi connectivity index (χ1) is 9.08. The number of amides is 1. The van der Waals surface area contributed by atoms with E-state index in [9.17, 15) is 14.0 Å². The minimum absolute atomic E-state index is 0.113. The Hall–Kier alpha value is -2.76. The number of halogens is 1. The van der Waals surface area contributed by atoms with Crippen LogP contribution in [-0.4, -0.2) is 22.0 Å². The molecule has 0 aliphatic heterocycles. The summed E-state index contributed by atoms with van der Waals surface area (Å²) in [5.41, 5.74) is -0.198. The van der Waals surface area contributed by atoms with Gasteiger partial charge in [0, 0.05) is 6.20 Å². The lowest BCUT2D eigenvalue weighted by molar-refractivity contribution is 0.0696. The van der Waals surface area contributed by atoms with Crippen LogP contribution < -0.4 is 5.32 Å². The first kappa shape index (κ1) is 12.7. The number of anilines is 1. The number of hydrogen-bond donors (Lipinski definition) is 2. The van der Waals surface area contributed by atoms with Crippen molar-refractivity contribution in [2.24, 2.45) is 0 Å². The number of carbonyl (C=O) groups is 2. The Bertz CT molecular complexity index is 629. The molecule has 1 heterocycles. The van der Waals surface area contributed by atoms with E-state index in [1.807, 2.05) is 0 Å². The summed E-state index contributed by atoms with van der Waals surface area (Å²) in [6, 6.07) is 7.88. The maximum absolute atomic E-state index is 13.5. The van der Waals surface area contributed by atoms with Gasteiger partial charge in [-0.15, -0.1) is 0 Å². The number of aromatic nitrogens is 1. The zero-order valence-electron chi connectivity index (χ0n) is 9.63. The molecule has 0 radical (unpaired) electrons. The lowest BCUT2D eigenvalue weighted by Crippen LogP contribution is -2.15. The number of hydrogen-bond acceptors (Lipinski definition) is 3. The Morgan fingerprint density at radius 1 is 1.21 bits per heavy atom. The molecule has 2 N–H and O–H groups in total. The fourth-order valence-electron chi connectivity index (χ4n) is 1.44. The van der Waals surface area contributed by atoms with E-state index < -0.39 is 17.7 Å². The summed E-state index contributed by atoms with van der Waals surface area (Å²) in [7, 11) is 0. The number of nitrogens with zero attached hydrogens (tertiary/aromatic N) is 1. The van der Waals surface area contributed by atoms with E-state index >= 15 is 0 Å². The van der Waals surface area contributed by atoms with Crippen molar-refractivity contribution in [2.75, 3.05) is 5.32 Å². The molecule has 0 saturated carbocycles. The quantitative estimate of drug-likeness (QED) is 0.886. The number of carboxylic acid groups (broad SMARTS) is 1. The second-order valence-corrected chi connectivity index (χ2v) is 3.67. The zero-order valence-corrected chi connectivity index (χ0v) is 9.63. The highest BCUT2D eigenvalue weighted by Crippen LogP contribution is 2.17. The Balaban J connectivity index is 2.26. The van der Waals surface area contributed by atoms with Crippen molar-refractivity contribution in [1.82, 2.24) is 4.98 Å². The minimum Gasteiger partial charge on any atom is -0.478 e. The third-order valence-corrected chi connectivity index (χ3v) is 2.36. The van der Waals surface area contributed by atoms with Crippen LogP contribution in [-0.2, 0) is 0 Å². The molecule has 0 aliphatic rings. The topological polar surface area (TPSA) is 79.3 Å². The third kappa shape index (κ3) is 2.92. The van der Waals surface area contributed by atoms with Crippen LogP contribution in [0.3, 0.4) is 0 Å². The molecule has 0 unspecified atom stereocenters. The highest BCUT2D eigenvalue weighted by Gasteiger charge is 2.12. The van der Waals surface area contributed by atoms with Gasteiger partial charge in [-0.2, -0.15) is 0 Å². The van der Waals surface area contributed by atoms with Gasteiger partial charge in [-0.05, 0) is 30.3 Å². The van der Waals surface area contributed by atoms with Crippen molar-refractivity contribution in [1.29, 1.82) is 0 Å². The molecule has 1 aromatic heterocycles. The van der Waals surface area contributed by atoms with E-state index in [-0.39, 0.29) is 16.9 Å². The Morgan fingerprint density at radius 2 is 2.00 bits per heavy atom. The Labute approximate surface area is 107 Å². The molecular weight excluding hydrogens is 251 g/mol. The predicted molar refractivity (Wildman–Crippen MR) is 65.5 cm³/mol. The summed E-state index contributed by atoms with van der Waals surface area (Å²) in [6.07, 6.45) is 1.43. The minimum atomic E-state index is -1.20. The number of carbonyl (C=O) groups excluding carboxylic acids is 1. The molecule has 0 saturated heterocycles. The van der Waals surface area contributed by atoms with Gasteiger partial charge >= 0.3 is 5.97 Å². The van der Waals surface area contributed by atoms with Gasteiger partial charge in [0.05, 0.1) is 11.3 Å². The van der Waals surface area contributed by atoms with Crippen LogP contribution in [0, 0.1) is 5.82 Å². The number of rotatable bonds is 3. The van der Waals surface area contributed by atoms with Crippen LogP contribution >= 0.6 is 0 Å². The average molecular weight is 260 g/mol. The summed E-state index contributed by atoms with van der Waals surface area (Å²) in [4.78, 5) is 26.3. The lowest BCUT2D eigenvalue weighted by Gasteiger charge is -2.06.